The second-order valence-electron chi connectivity index (χ2n) is 2.85. The number of aromatic nitrogens is 1. The van der Waals surface area contributed by atoms with Crippen LogP contribution in [0.4, 0.5) is 0 Å². The molecule has 0 amide bonds. The minimum Gasteiger partial charge on any atom is -0.507 e. The monoisotopic (exact) mass is 221 g/mol. The second-order valence-corrected chi connectivity index (χ2v) is 2.85. The van der Waals surface area contributed by atoms with E-state index < -0.39 is 11.8 Å². The molecule has 1 N–H and O–H groups in total. The molecule has 1 aromatic rings. The normalized spacial score (nSPS) is 10.9. The first-order valence-corrected chi connectivity index (χ1v) is 4.67. The van der Waals surface area contributed by atoms with Crippen LogP contribution in [0.5, 0.6) is 0 Å². The number of carbonyl (C=O) groups is 2. The van der Waals surface area contributed by atoms with Crippen LogP contribution >= 0.6 is 0 Å². The number of aliphatic hydroxyl groups is 1. The molecule has 0 atom stereocenters. The molecule has 0 unspecified atom stereocenters. The van der Waals surface area contributed by atoms with Gasteiger partial charge in [0.05, 0.1) is 6.61 Å². The standard InChI is InChI=1S/C11H11NO4/c1-2-16-11(15)10(14)7-9(13)8-3-5-12-6-4-8/h3-7,13H,2H2,1H3/b9-7-. The van der Waals surface area contributed by atoms with Crippen LogP contribution in [0, 0.1) is 0 Å². The zero-order valence-electron chi connectivity index (χ0n) is 8.71. The van der Waals surface area contributed by atoms with Gasteiger partial charge in [-0.05, 0) is 19.1 Å². The fourth-order valence-corrected chi connectivity index (χ4v) is 0.991. The van der Waals surface area contributed by atoms with Crippen LogP contribution in [-0.4, -0.2) is 28.4 Å². The van der Waals surface area contributed by atoms with Crippen molar-refractivity contribution in [3.05, 3.63) is 36.2 Å². The second kappa shape index (κ2) is 5.65. The molecule has 84 valence electrons. The number of aliphatic hydroxyl groups excluding tert-OH is 1. The highest BCUT2D eigenvalue weighted by molar-refractivity contribution is 6.39. The molecule has 1 heterocycles. The first-order valence-electron chi connectivity index (χ1n) is 4.67. The summed E-state index contributed by atoms with van der Waals surface area (Å²) in [4.78, 5) is 25.9. The molecule has 1 rings (SSSR count). The molecule has 0 bridgehead atoms. The maximum atomic E-state index is 11.2. The van der Waals surface area contributed by atoms with E-state index >= 15 is 0 Å². The van der Waals surface area contributed by atoms with Gasteiger partial charge in [0.1, 0.15) is 5.76 Å². The van der Waals surface area contributed by atoms with Crippen LogP contribution in [0.1, 0.15) is 12.5 Å². The smallest absolute Gasteiger partial charge is 0.379 e. The average molecular weight is 221 g/mol. The van der Waals surface area contributed by atoms with Crippen LogP contribution in [0.15, 0.2) is 30.6 Å². The number of hydrogen-bond donors (Lipinski definition) is 1. The van der Waals surface area contributed by atoms with Crippen LogP contribution in [0.25, 0.3) is 5.76 Å². The Kier molecular flexibility index (Phi) is 4.20. The van der Waals surface area contributed by atoms with E-state index in [0.29, 0.717) is 5.56 Å². The SMILES string of the molecule is CCOC(=O)C(=O)/C=C(\O)c1ccncc1. The molecule has 0 aliphatic carbocycles. The van der Waals surface area contributed by atoms with Gasteiger partial charge in [0.2, 0.25) is 0 Å². The van der Waals surface area contributed by atoms with Crippen LogP contribution < -0.4 is 0 Å². The van der Waals surface area contributed by atoms with Crippen molar-refractivity contribution in [2.24, 2.45) is 0 Å². The Morgan fingerprint density at radius 2 is 2.06 bits per heavy atom. The molecule has 0 radical (unpaired) electrons. The summed E-state index contributed by atoms with van der Waals surface area (Å²) in [7, 11) is 0. The molecular weight excluding hydrogens is 210 g/mol. The summed E-state index contributed by atoms with van der Waals surface area (Å²) >= 11 is 0. The Morgan fingerprint density at radius 3 is 2.62 bits per heavy atom. The molecule has 0 fully saturated rings. The fraction of sp³-hybridized carbons (Fsp3) is 0.182. The summed E-state index contributed by atoms with van der Waals surface area (Å²) < 4.78 is 4.48. The van der Waals surface area contributed by atoms with Crippen molar-refractivity contribution >= 4 is 17.5 Å². The maximum Gasteiger partial charge on any atom is 0.379 e. The van der Waals surface area contributed by atoms with Gasteiger partial charge in [0.25, 0.3) is 5.78 Å². The maximum absolute atomic E-state index is 11.2. The van der Waals surface area contributed by atoms with E-state index in [-0.39, 0.29) is 12.4 Å². The zero-order valence-corrected chi connectivity index (χ0v) is 8.71. The first-order chi connectivity index (χ1) is 7.65. The van der Waals surface area contributed by atoms with Crippen LogP contribution in [0.3, 0.4) is 0 Å². The van der Waals surface area contributed by atoms with E-state index in [4.69, 9.17) is 0 Å². The molecule has 0 aromatic carbocycles. The molecule has 0 saturated heterocycles. The summed E-state index contributed by atoms with van der Waals surface area (Å²) in [6.07, 6.45) is 3.76. The lowest BCUT2D eigenvalue weighted by Crippen LogP contribution is -2.15. The van der Waals surface area contributed by atoms with Crippen molar-refractivity contribution in [3.8, 4) is 0 Å². The summed E-state index contributed by atoms with van der Waals surface area (Å²) in [5.74, 6) is -2.17. The highest BCUT2D eigenvalue weighted by Gasteiger charge is 2.13. The van der Waals surface area contributed by atoms with Gasteiger partial charge in [-0.2, -0.15) is 0 Å². The molecule has 0 aliphatic rings. The van der Waals surface area contributed by atoms with Crippen molar-refractivity contribution in [2.75, 3.05) is 6.61 Å². The third-order valence-corrected chi connectivity index (χ3v) is 1.72. The van der Waals surface area contributed by atoms with Gasteiger partial charge in [0.15, 0.2) is 0 Å². The average Bonchev–Trinajstić information content (AvgIpc) is 2.30. The van der Waals surface area contributed by atoms with E-state index in [9.17, 15) is 14.7 Å². The summed E-state index contributed by atoms with van der Waals surface area (Å²) in [6, 6.07) is 3.04. The molecule has 0 aliphatic heterocycles. The Balaban J connectivity index is 2.78. The fourth-order valence-electron chi connectivity index (χ4n) is 0.991. The van der Waals surface area contributed by atoms with Crippen LogP contribution in [0.2, 0.25) is 0 Å². The van der Waals surface area contributed by atoms with Crippen molar-refractivity contribution < 1.29 is 19.4 Å². The summed E-state index contributed by atoms with van der Waals surface area (Å²) in [5, 5.41) is 9.51. The van der Waals surface area contributed by atoms with E-state index in [0.717, 1.165) is 6.08 Å². The highest BCUT2D eigenvalue weighted by atomic mass is 16.5. The Morgan fingerprint density at radius 1 is 1.44 bits per heavy atom. The number of ether oxygens (including phenoxy) is 1. The molecule has 0 saturated carbocycles. The Labute approximate surface area is 92.4 Å². The summed E-state index contributed by atoms with van der Waals surface area (Å²) in [5.41, 5.74) is 0.410. The van der Waals surface area contributed by atoms with Gasteiger partial charge in [-0.1, -0.05) is 0 Å². The molecule has 16 heavy (non-hydrogen) atoms. The van der Waals surface area contributed by atoms with Crippen molar-refractivity contribution in [3.63, 3.8) is 0 Å². The minimum atomic E-state index is -0.983. The number of pyridine rings is 1. The predicted molar refractivity (Wildman–Crippen MR) is 56.5 cm³/mol. The number of esters is 1. The van der Waals surface area contributed by atoms with E-state index in [1.54, 1.807) is 6.92 Å². The molecule has 5 nitrogen and oxygen atoms in total. The highest BCUT2D eigenvalue weighted by Crippen LogP contribution is 2.09. The van der Waals surface area contributed by atoms with Gasteiger partial charge < -0.3 is 9.84 Å². The first kappa shape index (κ1) is 11.9. The predicted octanol–water partition coefficient (Wildman–Crippen LogP) is 1.11. The van der Waals surface area contributed by atoms with E-state index in [2.05, 4.69) is 9.72 Å². The topological polar surface area (TPSA) is 76.5 Å². The number of rotatable bonds is 4. The lowest BCUT2D eigenvalue weighted by molar-refractivity contribution is -0.151. The minimum absolute atomic E-state index is 0.119. The number of ketones is 1. The quantitative estimate of drug-likeness (QED) is 0.356. The molecule has 1 aromatic heterocycles. The largest absolute Gasteiger partial charge is 0.507 e. The lowest BCUT2D eigenvalue weighted by Gasteiger charge is -1.99. The van der Waals surface area contributed by atoms with Crippen LogP contribution in [-0.2, 0) is 14.3 Å². The van der Waals surface area contributed by atoms with Gasteiger partial charge in [-0.25, -0.2) is 4.79 Å². The lowest BCUT2D eigenvalue weighted by atomic mass is 10.2. The van der Waals surface area contributed by atoms with Crippen molar-refractivity contribution in [2.45, 2.75) is 6.92 Å². The van der Waals surface area contributed by atoms with Gasteiger partial charge in [-0.3, -0.25) is 9.78 Å². The number of hydrogen-bond acceptors (Lipinski definition) is 5. The third-order valence-electron chi connectivity index (χ3n) is 1.72. The summed E-state index contributed by atoms with van der Waals surface area (Å²) in [6.45, 7) is 1.71. The van der Waals surface area contributed by atoms with Gasteiger partial charge in [-0.15, -0.1) is 0 Å². The third kappa shape index (κ3) is 3.20. The van der Waals surface area contributed by atoms with E-state index in [1.165, 1.54) is 24.5 Å². The van der Waals surface area contributed by atoms with Gasteiger partial charge in [0, 0.05) is 24.0 Å². The van der Waals surface area contributed by atoms with Gasteiger partial charge >= 0.3 is 5.97 Å². The molecule has 5 heteroatoms. The van der Waals surface area contributed by atoms with E-state index in [1.807, 2.05) is 0 Å². The molecule has 0 spiro atoms. The Bertz CT molecular complexity index is 411. The Hall–Kier alpha value is -2.17. The number of carbonyl (C=O) groups excluding carboxylic acids is 2. The molecular formula is C11H11NO4. The zero-order chi connectivity index (χ0) is 12.0. The van der Waals surface area contributed by atoms with Crippen molar-refractivity contribution in [1.29, 1.82) is 0 Å². The number of nitrogens with zero attached hydrogens (tertiary/aromatic N) is 1. The van der Waals surface area contributed by atoms with Crippen molar-refractivity contribution in [1.82, 2.24) is 4.98 Å².